The van der Waals surface area contributed by atoms with E-state index >= 15 is 0 Å². The fourth-order valence-corrected chi connectivity index (χ4v) is 16.4. The number of aliphatic hydroxyl groups excluding tert-OH is 1. The average Bonchev–Trinajstić information content (AvgIpc) is 3.39. The number of carbonyl (C=O) groups excluding carboxylic acids is 2. The second-order valence-corrected chi connectivity index (χ2v) is 19.9. The van der Waals surface area contributed by atoms with Crippen molar-refractivity contribution in [2.24, 2.45) is 79.8 Å². The van der Waals surface area contributed by atoms with Crippen molar-refractivity contribution in [1.29, 1.82) is 0 Å². The number of aliphatic hydroxyl groups is 1. The van der Waals surface area contributed by atoms with Crippen molar-refractivity contribution in [1.82, 2.24) is 0 Å². The van der Waals surface area contributed by atoms with Gasteiger partial charge in [0.25, 0.3) is 0 Å². The van der Waals surface area contributed by atoms with Crippen LogP contribution in [0.15, 0.2) is 0 Å². The first-order chi connectivity index (χ1) is 20.8. The van der Waals surface area contributed by atoms with E-state index in [-0.39, 0.29) is 28.7 Å². The van der Waals surface area contributed by atoms with Crippen molar-refractivity contribution < 1.29 is 19.4 Å². The molecular weight excluding hydrogens is 544 g/mol. The lowest BCUT2D eigenvalue weighted by Gasteiger charge is -2.64. The van der Waals surface area contributed by atoms with E-state index in [0.717, 1.165) is 43.9 Å². The summed E-state index contributed by atoms with van der Waals surface area (Å²) in [4.78, 5) is 28.4. The largest absolute Gasteiger partial charge is 0.396 e. The Morgan fingerprint density at radius 1 is 0.636 bits per heavy atom. The van der Waals surface area contributed by atoms with E-state index in [4.69, 9.17) is 4.74 Å². The molecule has 8 saturated carbocycles. The van der Waals surface area contributed by atoms with Crippen molar-refractivity contribution in [3.63, 3.8) is 0 Å². The van der Waals surface area contributed by atoms with E-state index < -0.39 is 5.41 Å². The Balaban J connectivity index is 0.994. The summed E-state index contributed by atoms with van der Waals surface area (Å²) in [5, 5.41) is 10.1. The zero-order valence-corrected chi connectivity index (χ0v) is 28.7. The van der Waals surface area contributed by atoms with E-state index in [9.17, 15) is 14.7 Å². The van der Waals surface area contributed by atoms with Gasteiger partial charge in [-0.25, -0.2) is 0 Å². The molecule has 246 valence electrons. The topological polar surface area (TPSA) is 63.6 Å². The van der Waals surface area contributed by atoms with Gasteiger partial charge in [0.15, 0.2) is 0 Å². The summed E-state index contributed by atoms with van der Waals surface area (Å²) in [6.07, 6.45) is 21.5. The van der Waals surface area contributed by atoms with Gasteiger partial charge in [-0.1, -0.05) is 40.5 Å². The van der Waals surface area contributed by atoms with Crippen molar-refractivity contribution in [3.05, 3.63) is 0 Å². The summed E-state index contributed by atoms with van der Waals surface area (Å²) in [5.74, 6) is 3.58. The van der Waals surface area contributed by atoms with Crippen LogP contribution < -0.4 is 0 Å². The Morgan fingerprint density at radius 2 is 1.23 bits per heavy atom. The SMILES string of the molecule is CC1(C)CCCC2(C)C1CCC13CC(CCC12)C(C(=O)OC(=O)C1(C)CCCC2(C)C4CCC5CC4(CCC12)CC5CO)C3. The number of ether oxygens (including phenoxy) is 1. The molecule has 8 rings (SSSR count). The van der Waals surface area contributed by atoms with Crippen LogP contribution >= 0.6 is 0 Å². The lowest BCUT2D eigenvalue weighted by molar-refractivity contribution is -0.191. The van der Waals surface area contributed by atoms with Crippen LogP contribution in [-0.4, -0.2) is 23.7 Å². The molecule has 1 N–H and O–H groups in total. The van der Waals surface area contributed by atoms with Gasteiger partial charge in [-0.15, -0.1) is 0 Å². The minimum absolute atomic E-state index is 0.0851. The van der Waals surface area contributed by atoms with Crippen molar-refractivity contribution >= 4 is 11.9 Å². The minimum Gasteiger partial charge on any atom is -0.396 e. The maximum Gasteiger partial charge on any atom is 0.319 e. The molecule has 2 spiro atoms. The summed E-state index contributed by atoms with van der Waals surface area (Å²) in [5.41, 5.74) is 1.03. The Morgan fingerprint density at radius 3 is 1.93 bits per heavy atom. The highest BCUT2D eigenvalue weighted by atomic mass is 16.6. The number of rotatable bonds is 3. The second kappa shape index (κ2) is 9.82. The molecule has 0 aromatic carbocycles. The molecule has 0 aromatic heterocycles. The van der Waals surface area contributed by atoms with Gasteiger partial charge in [0.05, 0.1) is 11.3 Å². The molecule has 0 radical (unpaired) electrons. The van der Waals surface area contributed by atoms with Crippen LogP contribution in [0.3, 0.4) is 0 Å². The Bertz CT molecular complexity index is 1210. The highest BCUT2D eigenvalue weighted by molar-refractivity contribution is 5.90. The fourth-order valence-electron chi connectivity index (χ4n) is 16.4. The highest BCUT2D eigenvalue weighted by Gasteiger charge is 2.68. The summed E-state index contributed by atoms with van der Waals surface area (Å²) in [6.45, 7) is 12.7. The maximum absolute atomic E-state index is 14.3. The molecule has 8 aliphatic rings. The molecular formula is C40H62O4. The zero-order valence-electron chi connectivity index (χ0n) is 28.7. The molecule has 0 aromatic rings. The third-order valence-corrected chi connectivity index (χ3v) is 17.9. The number of hydrogen-bond donors (Lipinski definition) is 1. The van der Waals surface area contributed by atoms with Crippen LogP contribution in [0, 0.1) is 79.8 Å². The van der Waals surface area contributed by atoms with Gasteiger partial charge < -0.3 is 9.84 Å². The molecule has 0 heterocycles. The molecule has 13 unspecified atom stereocenters. The third-order valence-electron chi connectivity index (χ3n) is 17.9. The summed E-state index contributed by atoms with van der Waals surface area (Å²) in [6, 6.07) is 0. The predicted octanol–water partition coefficient (Wildman–Crippen LogP) is 9.13. The molecule has 0 aliphatic heterocycles. The van der Waals surface area contributed by atoms with Gasteiger partial charge in [-0.05, 0) is 178 Å². The molecule has 4 nitrogen and oxygen atoms in total. The van der Waals surface area contributed by atoms with E-state index in [0.29, 0.717) is 52.4 Å². The third kappa shape index (κ3) is 3.97. The summed E-state index contributed by atoms with van der Waals surface area (Å²) < 4.78 is 6.14. The number of carbonyl (C=O) groups is 2. The number of hydrogen-bond acceptors (Lipinski definition) is 4. The van der Waals surface area contributed by atoms with Crippen LogP contribution in [0.5, 0.6) is 0 Å². The Hall–Kier alpha value is -0.900. The van der Waals surface area contributed by atoms with Gasteiger partial charge in [-0.2, -0.15) is 0 Å². The molecule has 4 bridgehead atoms. The second-order valence-electron chi connectivity index (χ2n) is 19.9. The molecule has 8 aliphatic carbocycles. The standard InChI is InChI=1S/C40H62O4/c1-35(2)14-6-15-36(3)29(35)12-18-40-21-26(9-11-31(36)40)28(23-40)33(42)44-34(43)38(5)17-7-16-37(4)30(38)13-19-39-20-25(8-10-32(37)39)27(22-39)24-41/h25-32,41H,6-24H2,1-5H3. The first kappa shape index (κ1) is 30.4. The number of fused-ring (bicyclic) bond motifs is 6. The van der Waals surface area contributed by atoms with E-state index in [2.05, 4.69) is 34.6 Å². The molecule has 0 saturated heterocycles. The fraction of sp³-hybridized carbons (Fsp3) is 0.950. The average molecular weight is 607 g/mol. The first-order valence-corrected chi connectivity index (χ1v) is 19.2. The monoisotopic (exact) mass is 606 g/mol. The van der Waals surface area contributed by atoms with Crippen molar-refractivity contribution in [2.45, 2.75) is 150 Å². The van der Waals surface area contributed by atoms with Gasteiger partial charge in [0.2, 0.25) is 0 Å². The predicted molar refractivity (Wildman–Crippen MR) is 172 cm³/mol. The lowest BCUT2D eigenvalue weighted by Crippen LogP contribution is -2.58. The molecule has 13 atom stereocenters. The van der Waals surface area contributed by atoms with Gasteiger partial charge in [-0.3, -0.25) is 9.59 Å². The van der Waals surface area contributed by atoms with E-state index in [1.165, 1.54) is 83.5 Å². The molecule has 4 heteroatoms. The van der Waals surface area contributed by atoms with Crippen LogP contribution in [0.2, 0.25) is 0 Å². The van der Waals surface area contributed by atoms with Crippen molar-refractivity contribution in [2.75, 3.05) is 6.61 Å². The number of esters is 2. The van der Waals surface area contributed by atoms with E-state index in [1.807, 2.05) is 0 Å². The normalized spacial score (nSPS) is 55.2. The van der Waals surface area contributed by atoms with Crippen LogP contribution in [-0.2, 0) is 14.3 Å². The Kier molecular flexibility index (Phi) is 6.79. The van der Waals surface area contributed by atoms with Gasteiger partial charge >= 0.3 is 11.9 Å². The zero-order chi connectivity index (χ0) is 30.9. The van der Waals surface area contributed by atoms with Crippen LogP contribution in [0.1, 0.15) is 150 Å². The Labute approximate surface area is 267 Å². The summed E-state index contributed by atoms with van der Waals surface area (Å²) >= 11 is 0. The van der Waals surface area contributed by atoms with Gasteiger partial charge in [0.1, 0.15) is 0 Å². The maximum atomic E-state index is 14.3. The van der Waals surface area contributed by atoms with Gasteiger partial charge in [0, 0.05) is 6.61 Å². The summed E-state index contributed by atoms with van der Waals surface area (Å²) in [7, 11) is 0. The first-order valence-electron chi connectivity index (χ1n) is 19.2. The van der Waals surface area contributed by atoms with E-state index in [1.54, 1.807) is 0 Å². The van der Waals surface area contributed by atoms with Crippen LogP contribution in [0.25, 0.3) is 0 Å². The molecule has 44 heavy (non-hydrogen) atoms. The quantitative estimate of drug-likeness (QED) is 0.257. The minimum atomic E-state index is -0.566. The lowest BCUT2D eigenvalue weighted by atomic mass is 9.41. The van der Waals surface area contributed by atoms with Crippen LogP contribution in [0.4, 0.5) is 0 Å². The van der Waals surface area contributed by atoms with Crippen molar-refractivity contribution in [3.8, 4) is 0 Å². The molecule has 0 amide bonds. The smallest absolute Gasteiger partial charge is 0.319 e. The highest BCUT2D eigenvalue weighted by Crippen LogP contribution is 2.74. The molecule has 8 fully saturated rings.